The first kappa shape index (κ1) is 21.9. The largest absolute Gasteiger partial charge is 0.368 e. The Morgan fingerprint density at radius 2 is 1.52 bits per heavy atom. The van der Waals surface area contributed by atoms with Gasteiger partial charge in [0.05, 0.1) is 4.92 Å². The summed E-state index contributed by atoms with van der Waals surface area (Å²) in [5.74, 6) is -0.0570. The van der Waals surface area contributed by atoms with E-state index in [1.807, 2.05) is 4.90 Å². The Morgan fingerprint density at radius 3 is 2.18 bits per heavy atom. The van der Waals surface area contributed by atoms with Crippen LogP contribution in [0, 0.1) is 10.1 Å². The first-order valence-electron chi connectivity index (χ1n) is 12.2. The summed E-state index contributed by atoms with van der Waals surface area (Å²) in [5.41, 5.74) is 4.74. The van der Waals surface area contributed by atoms with Crippen LogP contribution in [0.4, 0.5) is 11.4 Å². The number of nitro groups is 1. The fourth-order valence-electron chi connectivity index (χ4n) is 5.64. The van der Waals surface area contributed by atoms with Gasteiger partial charge in [-0.25, -0.2) is 0 Å². The van der Waals surface area contributed by atoms with Gasteiger partial charge in [0.25, 0.3) is 11.6 Å². The van der Waals surface area contributed by atoms with Crippen molar-refractivity contribution in [1.82, 2.24) is 9.80 Å². The lowest BCUT2D eigenvalue weighted by Crippen LogP contribution is -2.48. The maximum Gasteiger partial charge on any atom is 0.269 e. The van der Waals surface area contributed by atoms with Gasteiger partial charge in [-0.2, -0.15) is 0 Å². The lowest BCUT2D eigenvalue weighted by Gasteiger charge is -2.36. The molecule has 2 heterocycles. The van der Waals surface area contributed by atoms with Crippen molar-refractivity contribution in [2.45, 2.75) is 44.6 Å². The smallest absolute Gasteiger partial charge is 0.269 e. The minimum atomic E-state index is -0.445. The van der Waals surface area contributed by atoms with Crippen LogP contribution in [0.25, 0.3) is 0 Å². The van der Waals surface area contributed by atoms with Gasteiger partial charge < -0.3 is 9.80 Å². The molecule has 7 heteroatoms. The van der Waals surface area contributed by atoms with Crippen molar-refractivity contribution in [2.24, 2.45) is 0 Å². The van der Waals surface area contributed by atoms with Crippen LogP contribution in [-0.4, -0.2) is 65.9 Å². The van der Waals surface area contributed by atoms with E-state index in [2.05, 4.69) is 28.0 Å². The number of fused-ring (bicyclic) bond motifs is 1. The summed E-state index contributed by atoms with van der Waals surface area (Å²) >= 11 is 0. The highest BCUT2D eigenvalue weighted by Crippen LogP contribution is 2.28. The number of nitrogens with zero attached hydrogens (tertiary/aromatic N) is 4. The molecule has 2 aromatic carbocycles. The minimum absolute atomic E-state index is 0.00550. The summed E-state index contributed by atoms with van der Waals surface area (Å²) in [7, 11) is 0. The zero-order chi connectivity index (χ0) is 22.8. The molecule has 1 aliphatic carbocycles. The summed E-state index contributed by atoms with van der Waals surface area (Å²) in [6.45, 7) is 5.25. The fraction of sp³-hybridized carbons (Fsp3) is 0.500. The van der Waals surface area contributed by atoms with E-state index in [0.29, 0.717) is 18.7 Å². The zero-order valence-corrected chi connectivity index (χ0v) is 19.1. The molecule has 0 spiro atoms. The van der Waals surface area contributed by atoms with Gasteiger partial charge in [0, 0.05) is 68.7 Å². The van der Waals surface area contributed by atoms with Gasteiger partial charge in [0.1, 0.15) is 0 Å². The molecule has 33 heavy (non-hydrogen) atoms. The van der Waals surface area contributed by atoms with Gasteiger partial charge in [-0.3, -0.25) is 19.8 Å². The van der Waals surface area contributed by atoms with Crippen LogP contribution in [0.2, 0.25) is 0 Å². The maximum atomic E-state index is 12.8. The molecule has 5 rings (SSSR count). The summed E-state index contributed by atoms with van der Waals surface area (Å²) in [5, 5.41) is 10.8. The molecule has 0 aromatic heterocycles. The van der Waals surface area contributed by atoms with Crippen molar-refractivity contribution in [1.29, 1.82) is 0 Å². The molecule has 0 radical (unpaired) electrons. The molecule has 3 aliphatic rings. The predicted octanol–water partition coefficient (Wildman–Crippen LogP) is 3.90. The number of carbonyl (C=O) groups excluding carboxylic acids is 1. The number of piperazine rings is 1. The molecule has 174 valence electrons. The second-order valence-corrected chi connectivity index (χ2v) is 9.51. The molecule has 2 aromatic rings. The highest BCUT2D eigenvalue weighted by Gasteiger charge is 2.26. The van der Waals surface area contributed by atoms with E-state index >= 15 is 0 Å². The molecule has 0 atom stereocenters. The number of hydrogen-bond donors (Lipinski definition) is 0. The molecule has 0 N–H and O–H groups in total. The molecular weight excluding hydrogens is 416 g/mol. The van der Waals surface area contributed by atoms with E-state index < -0.39 is 4.92 Å². The van der Waals surface area contributed by atoms with Crippen LogP contribution >= 0.6 is 0 Å². The molecule has 1 amide bonds. The van der Waals surface area contributed by atoms with E-state index in [4.69, 9.17) is 0 Å². The van der Waals surface area contributed by atoms with E-state index in [1.54, 1.807) is 12.1 Å². The average Bonchev–Trinajstić information content (AvgIpc) is 3.31. The van der Waals surface area contributed by atoms with Gasteiger partial charge >= 0.3 is 0 Å². The van der Waals surface area contributed by atoms with Gasteiger partial charge in [-0.15, -0.1) is 0 Å². The number of non-ortho nitro benzene ring substituents is 1. The second-order valence-electron chi connectivity index (χ2n) is 9.51. The van der Waals surface area contributed by atoms with Crippen LogP contribution in [0.5, 0.6) is 0 Å². The standard InChI is InChI=1S/C26H32N4O3/c31-26(21-6-8-24(9-7-21)30(32)33)29-17-15-28(16-18-29)25-10-5-20-11-13-27(14-12-22(20)19-25)23-3-1-2-4-23/h5-10,19,23H,1-4,11-18H2. The third kappa shape index (κ3) is 4.74. The van der Waals surface area contributed by atoms with Crippen LogP contribution in [0.1, 0.15) is 47.2 Å². The summed E-state index contributed by atoms with van der Waals surface area (Å²) in [4.78, 5) is 30.2. The fourth-order valence-corrected chi connectivity index (χ4v) is 5.64. The van der Waals surface area contributed by atoms with E-state index in [0.717, 1.165) is 32.0 Å². The lowest BCUT2D eigenvalue weighted by molar-refractivity contribution is -0.384. The Hall–Kier alpha value is -2.93. The minimum Gasteiger partial charge on any atom is -0.368 e. The van der Waals surface area contributed by atoms with Gasteiger partial charge in [-0.05, 0) is 61.1 Å². The Bertz CT molecular complexity index is 1010. The molecular formula is C26H32N4O3. The number of carbonyl (C=O) groups is 1. The topological polar surface area (TPSA) is 69.9 Å². The second kappa shape index (κ2) is 9.51. The molecule has 1 saturated heterocycles. The lowest BCUT2D eigenvalue weighted by atomic mass is 10.0. The van der Waals surface area contributed by atoms with E-state index in [9.17, 15) is 14.9 Å². The summed E-state index contributed by atoms with van der Waals surface area (Å²) in [6, 6.07) is 13.6. The quantitative estimate of drug-likeness (QED) is 0.524. The van der Waals surface area contributed by atoms with Crippen molar-refractivity contribution in [3.63, 3.8) is 0 Å². The third-order valence-electron chi connectivity index (χ3n) is 7.62. The normalized spacial score (nSPS) is 19.9. The highest BCUT2D eigenvalue weighted by atomic mass is 16.6. The maximum absolute atomic E-state index is 12.8. The Balaban J connectivity index is 1.19. The molecule has 0 bridgehead atoms. The van der Waals surface area contributed by atoms with Gasteiger partial charge in [0.2, 0.25) is 0 Å². The molecule has 7 nitrogen and oxygen atoms in total. The number of hydrogen-bond acceptors (Lipinski definition) is 5. The van der Waals surface area contributed by atoms with Crippen LogP contribution < -0.4 is 4.90 Å². The third-order valence-corrected chi connectivity index (χ3v) is 7.62. The van der Waals surface area contributed by atoms with Crippen molar-refractivity contribution in [3.05, 3.63) is 69.3 Å². The average molecular weight is 449 g/mol. The number of nitro benzene ring substituents is 1. The molecule has 1 saturated carbocycles. The number of benzene rings is 2. The van der Waals surface area contributed by atoms with Crippen molar-refractivity contribution >= 4 is 17.3 Å². The number of anilines is 1. The van der Waals surface area contributed by atoms with Gasteiger partial charge in [-0.1, -0.05) is 18.9 Å². The monoisotopic (exact) mass is 448 g/mol. The van der Waals surface area contributed by atoms with Crippen molar-refractivity contribution in [2.75, 3.05) is 44.2 Å². The number of rotatable bonds is 4. The van der Waals surface area contributed by atoms with Crippen LogP contribution in [-0.2, 0) is 12.8 Å². The SMILES string of the molecule is O=C(c1ccc([N+](=O)[O-])cc1)N1CCN(c2ccc3c(c2)CCN(C2CCCC2)CC3)CC1. The Labute approximate surface area is 195 Å². The number of amides is 1. The molecule has 2 aliphatic heterocycles. The predicted molar refractivity (Wildman–Crippen MR) is 129 cm³/mol. The zero-order valence-electron chi connectivity index (χ0n) is 19.1. The Kier molecular flexibility index (Phi) is 6.31. The molecule has 2 fully saturated rings. The van der Waals surface area contributed by atoms with Crippen LogP contribution in [0.3, 0.4) is 0 Å². The van der Waals surface area contributed by atoms with Crippen molar-refractivity contribution in [3.8, 4) is 0 Å². The Morgan fingerprint density at radius 1 is 0.848 bits per heavy atom. The first-order chi connectivity index (χ1) is 16.1. The van der Waals surface area contributed by atoms with Crippen LogP contribution in [0.15, 0.2) is 42.5 Å². The van der Waals surface area contributed by atoms with Gasteiger partial charge in [0.15, 0.2) is 0 Å². The van der Waals surface area contributed by atoms with E-state index in [-0.39, 0.29) is 11.6 Å². The highest BCUT2D eigenvalue weighted by molar-refractivity contribution is 5.94. The van der Waals surface area contributed by atoms with Crippen molar-refractivity contribution < 1.29 is 9.72 Å². The summed E-state index contributed by atoms with van der Waals surface area (Å²) in [6.07, 6.45) is 7.77. The van der Waals surface area contributed by atoms with E-state index in [1.165, 1.54) is 67.7 Å². The summed E-state index contributed by atoms with van der Waals surface area (Å²) < 4.78 is 0. The first-order valence-corrected chi connectivity index (χ1v) is 12.2. The molecule has 0 unspecified atom stereocenters.